The number of ether oxygens (including phenoxy) is 1. The third-order valence-electron chi connectivity index (χ3n) is 4.01. The Labute approximate surface area is 164 Å². The Morgan fingerprint density at radius 3 is 3.00 bits per heavy atom. The van der Waals surface area contributed by atoms with Crippen LogP contribution in [0.2, 0.25) is 0 Å². The van der Waals surface area contributed by atoms with E-state index >= 15 is 0 Å². The summed E-state index contributed by atoms with van der Waals surface area (Å²) in [6.07, 6.45) is 2.00. The number of nitrogens with zero attached hydrogens (tertiary/aromatic N) is 1. The highest BCUT2D eigenvalue weighted by Gasteiger charge is 2.12. The molecule has 130 valence electrons. The predicted octanol–water partition coefficient (Wildman–Crippen LogP) is 3.77. The highest BCUT2D eigenvalue weighted by molar-refractivity contribution is 14.0. The summed E-state index contributed by atoms with van der Waals surface area (Å²) in [7, 11) is 1.81. The summed E-state index contributed by atoms with van der Waals surface area (Å²) < 4.78 is 5.55. The van der Waals surface area contributed by atoms with E-state index in [4.69, 9.17) is 4.74 Å². The zero-order valence-corrected chi connectivity index (χ0v) is 17.2. The Balaban J connectivity index is 0.00000208. The van der Waals surface area contributed by atoms with Gasteiger partial charge < -0.3 is 15.4 Å². The molecule has 0 spiro atoms. The molecule has 0 fully saturated rings. The first-order valence-electron chi connectivity index (χ1n) is 8.01. The summed E-state index contributed by atoms with van der Waals surface area (Å²) in [6.45, 7) is 3.82. The van der Waals surface area contributed by atoms with Crippen molar-refractivity contribution in [3.63, 3.8) is 0 Å². The number of aliphatic imine (C=N–C) groups is 1. The van der Waals surface area contributed by atoms with E-state index in [0.29, 0.717) is 0 Å². The molecular formula is C18H24IN3OS. The Kier molecular flexibility index (Phi) is 7.36. The molecule has 3 rings (SSSR count). The molecule has 2 N–H and O–H groups in total. The van der Waals surface area contributed by atoms with Crippen LogP contribution in [-0.4, -0.2) is 26.2 Å². The van der Waals surface area contributed by atoms with Crippen LogP contribution in [0.4, 0.5) is 0 Å². The van der Waals surface area contributed by atoms with Gasteiger partial charge in [0.05, 0.1) is 12.6 Å². The van der Waals surface area contributed by atoms with E-state index in [2.05, 4.69) is 58.3 Å². The van der Waals surface area contributed by atoms with Crippen molar-refractivity contribution in [2.45, 2.75) is 25.8 Å². The van der Waals surface area contributed by atoms with E-state index in [1.54, 1.807) is 11.3 Å². The second-order valence-electron chi connectivity index (χ2n) is 5.67. The van der Waals surface area contributed by atoms with Gasteiger partial charge in [0.25, 0.3) is 0 Å². The summed E-state index contributed by atoms with van der Waals surface area (Å²) in [5.41, 5.74) is 2.67. The topological polar surface area (TPSA) is 45.7 Å². The molecule has 4 nitrogen and oxygen atoms in total. The van der Waals surface area contributed by atoms with Crippen molar-refractivity contribution in [3.8, 4) is 5.75 Å². The molecule has 2 heterocycles. The van der Waals surface area contributed by atoms with E-state index in [0.717, 1.165) is 37.7 Å². The third-order valence-corrected chi connectivity index (χ3v) is 5.06. The van der Waals surface area contributed by atoms with Gasteiger partial charge in [0, 0.05) is 24.9 Å². The molecule has 0 amide bonds. The molecule has 1 aliphatic heterocycles. The fourth-order valence-electron chi connectivity index (χ4n) is 2.73. The van der Waals surface area contributed by atoms with E-state index in [9.17, 15) is 0 Å². The summed E-state index contributed by atoms with van der Waals surface area (Å²) in [5, 5.41) is 8.92. The van der Waals surface area contributed by atoms with Gasteiger partial charge in [-0.3, -0.25) is 4.99 Å². The number of nitrogens with one attached hydrogen (secondary N) is 2. The lowest BCUT2D eigenvalue weighted by molar-refractivity contribution is 0.357. The Morgan fingerprint density at radius 2 is 2.25 bits per heavy atom. The molecule has 0 radical (unpaired) electrons. The summed E-state index contributed by atoms with van der Waals surface area (Å²) in [5.74, 6) is 1.89. The van der Waals surface area contributed by atoms with Gasteiger partial charge >= 0.3 is 0 Å². The molecule has 1 aromatic heterocycles. The molecule has 1 aliphatic rings. The lowest BCUT2D eigenvalue weighted by Crippen LogP contribution is -2.39. The molecule has 1 unspecified atom stereocenters. The number of benzene rings is 1. The Hall–Kier alpha value is -1.28. The molecule has 1 aromatic carbocycles. The van der Waals surface area contributed by atoms with Crippen molar-refractivity contribution in [1.29, 1.82) is 0 Å². The second kappa shape index (κ2) is 9.27. The van der Waals surface area contributed by atoms with E-state index < -0.39 is 0 Å². The molecule has 2 aromatic rings. The van der Waals surface area contributed by atoms with E-state index in [1.807, 2.05) is 7.05 Å². The lowest BCUT2D eigenvalue weighted by Gasteiger charge is -2.17. The van der Waals surface area contributed by atoms with Gasteiger partial charge in [-0.2, -0.15) is 0 Å². The number of guanidine groups is 1. The molecule has 0 saturated heterocycles. The highest BCUT2D eigenvalue weighted by atomic mass is 127. The van der Waals surface area contributed by atoms with Gasteiger partial charge in [-0.05, 0) is 42.0 Å². The minimum absolute atomic E-state index is 0. The zero-order valence-electron chi connectivity index (χ0n) is 14.0. The quantitative estimate of drug-likeness (QED) is 0.408. The van der Waals surface area contributed by atoms with E-state index in [-0.39, 0.29) is 30.0 Å². The van der Waals surface area contributed by atoms with Gasteiger partial charge in [-0.15, -0.1) is 35.3 Å². The standard InChI is InChI=1S/C18H23N3OS.HI/c1-13(17-4-3-11-23-17)21-18(19-2)20-9-7-14-5-6-16-15(12-14)8-10-22-16;/h3-6,11-13H,7-10H2,1-2H3,(H2,19,20,21);1H. The van der Waals surface area contributed by atoms with Crippen LogP contribution in [0.3, 0.4) is 0 Å². The maximum atomic E-state index is 5.55. The first kappa shape index (κ1) is 19.1. The van der Waals surface area contributed by atoms with Crippen LogP contribution in [0.1, 0.15) is 29.0 Å². The number of fused-ring (bicyclic) bond motifs is 1. The minimum Gasteiger partial charge on any atom is -0.493 e. The van der Waals surface area contributed by atoms with Crippen LogP contribution >= 0.6 is 35.3 Å². The lowest BCUT2D eigenvalue weighted by atomic mass is 10.1. The highest BCUT2D eigenvalue weighted by Crippen LogP contribution is 2.25. The maximum absolute atomic E-state index is 5.55. The Bertz CT molecular complexity index is 673. The van der Waals surface area contributed by atoms with Crippen LogP contribution < -0.4 is 15.4 Å². The van der Waals surface area contributed by atoms with Gasteiger partial charge in [0.1, 0.15) is 5.75 Å². The molecule has 24 heavy (non-hydrogen) atoms. The van der Waals surface area contributed by atoms with Crippen molar-refractivity contribution >= 4 is 41.3 Å². The average molecular weight is 457 g/mol. The smallest absolute Gasteiger partial charge is 0.191 e. The summed E-state index contributed by atoms with van der Waals surface area (Å²) >= 11 is 1.76. The van der Waals surface area contributed by atoms with Crippen LogP contribution in [0, 0.1) is 0 Å². The predicted molar refractivity (Wildman–Crippen MR) is 112 cm³/mol. The van der Waals surface area contributed by atoms with Crippen molar-refractivity contribution in [2.24, 2.45) is 4.99 Å². The summed E-state index contributed by atoms with van der Waals surface area (Å²) in [6, 6.07) is 11.0. The van der Waals surface area contributed by atoms with Crippen LogP contribution in [0.25, 0.3) is 0 Å². The van der Waals surface area contributed by atoms with Crippen molar-refractivity contribution in [3.05, 3.63) is 51.7 Å². The van der Waals surface area contributed by atoms with Gasteiger partial charge in [-0.1, -0.05) is 18.2 Å². The average Bonchev–Trinajstić information content (AvgIpc) is 3.24. The fraction of sp³-hybridized carbons (Fsp3) is 0.389. The van der Waals surface area contributed by atoms with Gasteiger partial charge in [0.15, 0.2) is 5.96 Å². The molecule has 0 bridgehead atoms. The molecule has 0 saturated carbocycles. The fourth-order valence-corrected chi connectivity index (χ4v) is 3.46. The molecule has 1 atom stereocenters. The third kappa shape index (κ3) is 4.86. The van der Waals surface area contributed by atoms with Crippen LogP contribution in [-0.2, 0) is 12.8 Å². The number of thiophene rings is 1. The maximum Gasteiger partial charge on any atom is 0.191 e. The van der Waals surface area contributed by atoms with Crippen molar-refractivity contribution in [2.75, 3.05) is 20.2 Å². The number of rotatable bonds is 5. The van der Waals surface area contributed by atoms with Crippen LogP contribution in [0.5, 0.6) is 5.75 Å². The van der Waals surface area contributed by atoms with Crippen LogP contribution in [0.15, 0.2) is 40.7 Å². The monoisotopic (exact) mass is 457 g/mol. The Morgan fingerprint density at radius 1 is 1.38 bits per heavy atom. The molecular weight excluding hydrogens is 433 g/mol. The largest absolute Gasteiger partial charge is 0.493 e. The minimum atomic E-state index is 0. The molecule has 0 aliphatic carbocycles. The number of halogens is 1. The van der Waals surface area contributed by atoms with Crippen molar-refractivity contribution in [1.82, 2.24) is 10.6 Å². The zero-order chi connectivity index (χ0) is 16.1. The molecule has 6 heteroatoms. The first-order valence-corrected chi connectivity index (χ1v) is 8.89. The van der Waals surface area contributed by atoms with Gasteiger partial charge in [-0.25, -0.2) is 0 Å². The summed E-state index contributed by atoms with van der Waals surface area (Å²) in [4.78, 5) is 5.62. The van der Waals surface area contributed by atoms with Crippen molar-refractivity contribution < 1.29 is 4.74 Å². The SMILES string of the molecule is CN=C(NCCc1ccc2c(c1)CCO2)NC(C)c1cccs1.I. The van der Waals surface area contributed by atoms with Gasteiger partial charge in [0.2, 0.25) is 0 Å². The number of hydrogen-bond donors (Lipinski definition) is 2. The number of hydrogen-bond acceptors (Lipinski definition) is 3. The second-order valence-corrected chi connectivity index (χ2v) is 6.65. The normalized spacial score (nSPS) is 14.3. The van der Waals surface area contributed by atoms with E-state index in [1.165, 1.54) is 16.0 Å². The first-order chi connectivity index (χ1) is 11.3.